The maximum Gasteiger partial charge on any atom is 0.251 e. The van der Waals surface area contributed by atoms with Crippen LogP contribution in [-0.2, 0) is 9.53 Å². The highest BCUT2D eigenvalue weighted by molar-refractivity contribution is 5.84. The number of hydrogen-bond acceptors (Lipinski definition) is 5. The van der Waals surface area contributed by atoms with Crippen LogP contribution in [0.3, 0.4) is 0 Å². The standard InChI is InChI=1S/C9H16N4O2/c10-7-8(11)9(14)12-1-2-13-3-5-15-6-4-13/h8H,1-6,11H2,(H,12,14)/t8-/m0/s1. The second-order valence-corrected chi connectivity index (χ2v) is 3.35. The Morgan fingerprint density at radius 1 is 1.60 bits per heavy atom. The molecule has 1 heterocycles. The van der Waals surface area contributed by atoms with E-state index < -0.39 is 11.9 Å². The Morgan fingerprint density at radius 3 is 2.87 bits per heavy atom. The molecule has 1 aliphatic heterocycles. The number of carbonyl (C=O) groups is 1. The Balaban J connectivity index is 2.10. The smallest absolute Gasteiger partial charge is 0.251 e. The monoisotopic (exact) mass is 212 g/mol. The molecule has 0 spiro atoms. The summed E-state index contributed by atoms with van der Waals surface area (Å²) >= 11 is 0. The Labute approximate surface area is 89.0 Å². The van der Waals surface area contributed by atoms with Crippen LogP contribution in [0.15, 0.2) is 0 Å². The normalized spacial score (nSPS) is 19.2. The Bertz CT molecular complexity index is 245. The van der Waals surface area contributed by atoms with Crippen LogP contribution in [0.4, 0.5) is 0 Å². The molecule has 0 unspecified atom stereocenters. The summed E-state index contributed by atoms with van der Waals surface area (Å²) in [5.74, 6) is -0.411. The Kier molecular flexibility index (Phi) is 5.04. The van der Waals surface area contributed by atoms with Gasteiger partial charge in [0.05, 0.1) is 19.3 Å². The molecule has 0 aromatic rings. The zero-order valence-corrected chi connectivity index (χ0v) is 8.61. The van der Waals surface area contributed by atoms with Gasteiger partial charge in [-0.3, -0.25) is 9.69 Å². The molecule has 6 nitrogen and oxygen atoms in total. The van der Waals surface area contributed by atoms with Gasteiger partial charge in [-0.25, -0.2) is 0 Å². The minimum Gasteiger partial charge on any atom is -0.379 e. The molecule has 15 heavy (non-hydrogen) atoms. The van der Waals surface area contributed by atoms with Gasteiger partial charge in [-0.05, 0) is 0 Å². The van der Waals surface area contributed by atoms with Gasteiger partial charge in [-0.1, -0.05) is 0 Å². The van der Waals surface area contributed by atoms with E-state index in [0.29, 0.717) is 6.54 Å². The molecule has 0 saturated carbocycles. The first kappa shape index (κ1) is 11.9. The van der Waals surface area contributed by atoms with Gasteiger partial charge in [0.2, 0.25) is 0 Å². The van der Waals surface area contributed by atoms with Crippen molar-refractivity contribution in [2.24, 2.45) is 5.73 Å². The highest BCUT2D eigenvalue weighted by atomic mass is 16.5. The fraction of sp³-hybridized carbons (Fsp3) is 0.778. The number of morpholine rings is 1. The van der Waals surface area contributed by atoms with Crippen LogP contribution in [0.25, 0.3) is 0 Å². The van der Waals surface area contributed by atoms with Gasteiger partial charge in [0, 0.05) is 26.2 Å². The van der Waals surface area contributed by atoms with Crippen LogP contribution < -0.4 is 11.1 Å². The molecule has 0 aromatic carbocycles. The highest BCUT2D eigenvalue weighted by Gasteiger charge is 2.13. The quantitative estimate of drug-likeness (QED) is 0.578. The molecule has 1 atom stereocenters. The minimum atomic E-state index is -1.06. The number of ether oxygens (including phenoxy) is 1. The van der Waals surface area contributed by atoms with Crippen LogP contribution in [0.1, 0.15) is 0 Å². The van der Waals surface area contributed by atoms with Crippen LogP contribution in [0, 0.1) is 11.3 Å². The van der Waals surface area contributed by atoms with Crippen LogP contribution in [0.5, 0.6) is 0 Å². The van der Waals surface area contributed by atoms with Gasteiger partial charge in [-0.2, -0.15) is 5.26 Å². The summed E-state index contributed by atoms with van der Waals surface area (Å²) in [5, 5.41) is 11.0. The molecule has 0 aliphatic carbocycles. The zero-order valence-electron chi connectivity index (χ0n) is 8.61. The first-order valence-electron chi connectivity index (χ1n) is 4.97. The zero-order chi connectivity index (χ0) is 11.1. The molecule has 1 amide bonds. The Morgan fingerprint density at radius 2 is 2.27 bits per heavy atom. The summed E-state index contributed by atoms with van der Waals surface area (Å²) in [7, 11) is 0. The van der Waals surface area contributed by atoms with Crippen molar-refractivity contribution in [3.8, 4) is 6.07 Å². The summed E-state index contributed by atoms with van der Waals surface area (Å²) < 4.78 is 5.19. The molecular weight excluding hydrogens is 196 g/mol. The van der Waals surface area contributed by atoms with E-state index in [1.807, 2.05) is 0 Å². The molecule has 0 aromatic heterocycles. The number of nitrogens with one attached hydrogen (secondary N) is 1. The molecule has 1 saturated heterocycles. The predicted octanol–water partition coefficient (Wildman–Crippen LogP) is -1.71. The van der Waals surface area contributed by atoms with E-state index in [0.717, 1.165) is 32.8 Å². The van der Waals surface area contributed by atoms with Gasteiger partial charge >= 0.3 is 0 Å². The van der Waals surface area contributed by atoms with E-state index >= 15 is 0 Å². The second-order valence-electron chi connectivity index (χ2n) is 3.35. The maximum atomic E-state index is 11.1. The molecule has 1 fully saturated rings. The summed E-state index contributed by atoms with van der Waals surface area (Å²) in [6.45, 7) is 4.55. The minimum absolute atomic E-state index is 0.411. The predicted molar refractivity (Wildman–Crippen MR) is 53.9 cm³/mol. The van der Waals surface area contributed by atoms with Crippen LogP contribution in [-0.4, -0.2) is 56.2 Å². The fourth-order valence-electron chi connectivity index (χ4n) is 1.33. The molecule has 3 N–H and O–H groups in total. The molecule has 0 bridgehead atoms. The summed E-state index contributed by atoms with van der Waals surface area (Å²) in [5.41, 5.74) is 5.23. The lowest BCUT2D eigenvalue weighted by molar-refractivity contribution is -0.121. The number of nitriles is 1. The van der Waals surface area contributed by atoms with Crippen molar-refractivity contribution in [2.45, 2.75) is 6.04 Å². The van der Waals surface area contributed by atoms with E-state index in [1.165, 1.54) is 0 Å². The molecule has 1 rings (SSSR count). The van der Waals surface area contributed by atoms with E-state index in [4.69, 9.17) is 15.7 Å². The van der Waals surface area contributed by atoms with E-state index in [-0.39, 0.29) is 0 Å². The summed E-state index contributed by atoms with van der Waals surface area (Å²) in [6, 6.07) is 0.625. The average molecular weight is 212 g/mol. The summed E-state index contributed by atoms with van der Waals surface area (Å²) in [6.07, 6.45) is 0. The third-order valence-electron chi connectivity index (χ3n) is 2.25. The molecule has 6 heteroatoms. The number of nitrogens with zero attached hydrogens (tertiary/aromatic N) is 2. The molecule has 1 aliphatic rings. The number of nitrogens with two attached hydrogens (primary N) is 1. The van der Waals surface area contributed by atoms with Crippen molar-refractivity contribution < 1.29 is 9.53 Å². The second kappa shape index (κ2) is 6.35. The highest BCUT2D eigenvalue weighted by Crippen LogP contribution is 1.94. The fourth-order valence-corrected chi connectivity index (χ4v) is 1.33. The van der Waals surface area contributed by atoms with E-state index in [9.17, 15) is 4.79 Å². The van der Waals surface area contributed by atoms with Crippen LogP contribution >= 0.6 is 0 Å². The van der Waals surface area contributed by atoms with Gasteiger partial charge in [0.1, 0.15) is 0 Å². The van der Waals surface area contributed by atoms with Gasteiger partial charge < -0.3 is 15.8 Å². The van der Waals surface area contributed by atoms with E-state index in [2.05, 4.69) is 10.2 Å². The number of carbonyl (C=O) groups excluding carboxylic acids is 1. The maximum absolute atomic E-state index is 11.1. The SMILES string of the molecule is N#C[C@H](N)C(=O)NCCN1CCOCC1. The molecule has 0 radical (unpaired) electrons. The van der Waals surface area contributed by atoms with Crippen molar-refractivity contribution in [3.63, 3.8) is 0 Å². The third-order valence-corrected chi connectivity index (χ3v) is 2.25. The topological polar surface area (TPSA) is 91.4 Å². The Hall–Kier alpha value is -1.16. The largest absolute Gasteiger partial charge is 0.379 e. The number of hydrogen-bond donors (Lipinski definition) is 2. The molecular formula is C9H16N4O2. The van der Waals surface area contributed by atoms with Crippen LogP contribution in [0.2, 0.25) is 0 Å². The summed E-state index contributed by atoms with van der Waals surface area (Å²) in [4.78, 5) is 13.3. The van der Waals surface area contributed by atoms with Crippen molar-refractivity contribution >= 4 is 5.91 Å². The lowest BCUT2D eigenvalue weighted by atomic mass is 10.3. The van der Waals surface area contributed by atoms with Gasteiger partial charge in [-0.15, -0.1) is 0 Å². The van der Waals surface area contributed by atoms with Crippen molar-refractivity contribution in [1.29, 1.82) is 5.26 Å². The van der Waals surface area contributed by atoms with Crippen molar-refractivity contribution in [3.05, 3.63) is 0 Å². The lowest BCUT2D eigenvalue weighted by Gasteiger charge is -2.26. The first-order valence-corrected chi connectivity index (χ1v) is 4.97. The van der Waals surface area contributed by atoms with Gasteiger partial charge in [0.15, 0.2) is 6.04 Å². The number of amides is 1. The van der Waals surface area contributed by atoms with Crippen molar-refractivity contribution in [2.75, 3.05) is 39.4 Å². The van der Waals surface area contributed by atoms with Crippen molar-refractivity contribution in [1.82, 2.24) is 10.2 Å². The van der Waals surface area contributed by atoms with Gasteiger partial charge in [0.25, 0.3) is 5.91 Å². The lowest BCUT2D eigenvalue weighted by Crippen LogP contribution is -2.45. The first-order chi connectivity index (χ1) is 7.24. The van der Waals surface area contributed by atoms with E-state index in [1.54, 1.807) is 6.07 Å². The third kappa shape index (κ3) is 4.25. The average Bonchev–Trinajstić information content (AvgIpc) is 2.29. The number of rotatable bonds is 4. The molecule has 84 valence electrons.